The molecule has 2 aliphatic rings. The van der Waals surface area contributed by atoms with Gasteiger partial charge in [0.15, 0.2) is 11.0 Å². The number of carboxylic acid groups (broad SMARTS) is 2. The normalized spacial score (nSPS) is 16.8. The fourth-order valence-corrected chi connectivity index (χ4v) is 3.67. The Bertz CT molecular complexity index is 1010. The highest BCUT2D eigenvalue weighted by Gasteiger charge is 2.38. The molecule has 0 atom stereocenters. The Morgan fingerprint density at radius 1 is 0.895 bits per heavy atom. The van der Waals surface area contributed by atoms with Crippen molar-refractivity contribution < 1.29 is 46.1 Å². The SMILES string of the molecule is Clc1ccc(N2CCC(n3cc(CN4CCCC4)nn3)CC2)nn1.O=C(O)C(F)(F)F.O=C(O)C(F)(F)F. The largest absolute Gasteiger partial charge is 0.490 e. The van der Waals surface area contributed by atoms with Gasteiger partial charge in [-0.2, -0.15) is 26.3 Å². The number of aromatic nitrogens is 5. The second kappa shape index (κ2) is 13.5. The maximum absolute atomic E-state index is 10.6. The first kappa shape index (κ1) is 31.0. The van der Waals surface area contributed by atoms with Gasteiger partial charge in [0.05, 0.1) is 17.9 Å². The minimum absolute atomic E-state index is 0.418. The van der Waals surface area contributed by atoms with E-state index in [0.717, 1.165) is 44.0 Å². The number of anilines is 1. The number of alkyl halides is 6. The van der Waals surface area contributed by atoms with Crippen molar-refractivity contribution in [3.05, 3.63) is 29.2 Å². The van der Waals surface area contributed by atoms with E-state index in [1.165, 1.54) is 25.9 Å². The second-order valence-electron chi connectivity index (χ2n) is 8.21. The van der Waals surface area contributed by atoms with Gasteiger partial charge in [-0.25, -0.2) is 14.3 Å². The molecule has 2 aromatic rings. The predicted octanol–water partition coefficient (Wildman–Crippen LogP) is 3.43. The molecule has 11 nitrogen and oxygen atoms in total. The third-order valence-electron chi connectivity index (χ3n) is 5.41. The van der Waals surface area contributed by atoms with Gasteiger partial charge in [-0.1, -0.05) is 16.8 Å². The fourth-order valence-electron chi connectivity index (χ4n) is 3.57. The van der Waals surface area contributed by atoms with Gasteiger partial charge in [0.1, 0.15) is 0 Å². The lowest BCUT2D eigenvalue weighted by Gasteiger charge is -2.32. The zero-order valence-corrected chi connectivity index (χ0v) is 20.4. The summed E-state index contributed by atoms with van der Waals surface area (Å²) in [5, 5.41) is 31.5. The highest BCUT2D eigenvalue weighted by Crippen LogP contribution is 2.25. The van der Waals surface area contributed by atoms with Gasteiger partial charge in [0.2, 0.25) is 0 Å². The van der Waals surface area contributed by atoms with Crippen molar-refractivity contribution in [1.29, 1.82) is 0 Å². The van der Waals surface area contributed by atoms with Crippen LogP contribution in [0.25, 0.3) is 0 Å². The highest BCUT2D eigenvalue weighted by molar-refractivity contribution is 6.29. The van der Waals surface area contributed by atoms with Crippen molar-refractivity contribution in [3.8, 4) is 0 Å². The number of hydrogen-bond acceptors (Lipinski definition) is 8. The zero-order chi connectivity index (χ0) is 28.5. The summed E-state index contributed by atoms with van der Waals surface area (Å²) < 4.78 is 65.5. The third kappa shape index (κ3) is 10.3. The van der Waals surface area contributed by atoms with Crippen LogP contribution in [-0.4, -0.2) is 90.8 Å². The summed E-state index contributed by atoms with van der Waals surface area (Å²) >= 11 is 5.80. The molecule has 0 spiro atoms. The Morgan fingerprint density at radius 2 is 1.42 bits per heavy atom. The molecule has 0 aromatic carbocycles. The maximum atomic E-state index is 10.6. The number of aliphatic carboxylic acids is 2. The van der Waals surface area contributed by atoms with Crippen molar-refractivity contribution in [2.45, 2.75) is 50.6 Å². The standard InChI is InChI=1S/C16H22ClN7.2C2HF3O2/c17-15-3-4-16(20-19-15)23-9-5-14(6-10-23)24-12-13(18-21-24)11-22-7-1-2-8-22;2*3-2(4,5)1(6)7/h3-4,12,14H,1-2,5-11H2;2*(H,6,7). The molecule has 0 bridgehead atoms. The Kier molecular flexibility index (Phi) is 11.1. The van der Waals surface area contributed by atoms with E-state index in [9.17, 15) is 26.3 Å². The Morgan fingerprint density at radius 3 is 1.87 bits per heavy atom. The molecule has 0 aliphatic carbocycles. The lowest BCUT2D eigenvalue weighted by Crippen LogP contribution is -2.35. The lowest BCUT2D eigenvalue weighted by molar-refractivity contribution is -0.193. The second-order valence-corrected chi connectivity index (χ2v) is 8.60. The summed E-state index contributed by atoms with van der Waals surface area (Å²) in [7, 11) is 0. The van der Waals surface area contributed by atoms with E-state index in [4.69, 9.17) is 31.4 Å². The molecule has 0 radical (unpaired) electrons. The Labute approximate surface area is 217 Å². The molecule has 2 aliphatic heterocycles. The van der Waals surface area contributed by atoms with Gasteiger partial charge in [-0.05, 0) is 50.9 Å². The van der Waals surface area contributed by atoms with E-state index in [-0.39, 0.29) is 0 Å². The topological polar surface area (TPSA) is 138 Å². The molecule has 4 heterocycles. The summed E-state index contributed by atoms with van der Waals surface area (Å²) in [6.45, 7) is 5.20. The number of carbonyl (C=O) groups is 2. The van der Waals surface area contributed by atoms with E-state index >= 15 is 0 Å². The highest BCUT2D eigenvalue weighted by atomic mass is 35.5. The number of carboxylic acids is 2. The molecule has 2 saturated heterocycles. The molecule has 38 heavy (non-hydrogen) atoms. The van der Waals surface area contributed by atoms with E-state index in [2.05, 4.69) is 41.2 Å². The summed E-state index contributed by atoms with van der Waals surface area (Å²) in [6, 6.07) is 4.14. The van der Waals surface area contributed by atoms with Crippen LogP contribution < -0.4 is 4.90 Å². The molecule has 2 fully saturated rings. The summed E-state index contributed by atoms with van der Waals surface area (Å²) in [6.07, 6.45) is -3.35. The summed E-state index contributed by atoms with van der Waals surface area (Å²) in [5.74, 6) is -4.62. The summed E-state index contributed by atoms with van der Waals surface area (Å²) in [5.41, 5.74) is 1.09. The molecular formula is C20H24ClF6N7O4. The van der Waals surface area contributed by atoms with Gasteiger partial charge in [-0.3, -0.25) is 4.90 Å². The van der Waals surface area contributed by atoms with Crippen LogP contribution in [-0.2, 0) is 16.1 Å². The molecule has 18 heteroatoms. The first-order valence-electron chi connectivity index (χ1n) is 11.1. The Balaban J connectivity index is 0.000000301. The number of piperidine rings is 1. The first-order valence-corrected chi connectivity index (χ1v) is 11.5. The van der Waals surface area contributed by atoms with Gasteiger partial charge in [0, 0.05) is 19.6 Å². The van der Waals surface area contributed by atoms with Gasteiger partial charge in [-0.15, -0.1) is 15.3 Å². The summed E-state index contributed by atoms with van der Waals surface area (Å²) in [4.78, 5) is 22.5. The maximum Gasteiger partial charge on any atom is 0.490 e. The monoisotopic (exact) mass is 575 g/mol. The van der Waals surface area contributed by atoms with Gasteiger partial charge < -0.3 is 15.1 Å². The predicted molar refractivity (Wildman–Crippen MR) is 119 cm³/mol. The van der Waals surface area contributed by atoms with E-state index in [1.807, 2.05) is 6.07 Å². The molecule has 0 unspecified atom stereocenters. The van der Waals surface area contributed by atoms with Crippen LogP contribution in [0.2, 0.25) is 5.15 Å². The first-order chi connectivity index (χ1) is 17.7. The van der Waals surface area contributed by atoms with E-state index in [0.29, 0.717) is 11.2 Å². The van der Waals surface area contributed by atoms with Crippen LogP contribution in [0.5, 0.6) is 0 Å². The molecule has 2 N–H and O–H groups in total. The van der Waals surface area contributed by atoms with Crippen molar-refractivity contribution in [2.24, 2.45) is 0 Å². The van der Waals surface area contributed by atoms with Crippen molar-refractivity contribution >= 4 is 29.4 Å². The van der Waals surface area contributed by atoms with Crippen molar-refractivity contribution in [2.75, 3.05) is 31.1 Å². The van der Waals surface area contributed by atoms with Gasteiger partial charge >= 0.3 is 24.3 Å². The van der Waals surface area contributed by atoms with E-state index < -0.39 is 24.3 Å². The molecule has 4 rings (SSSR count). The average Bonchev–Trinajstić information content (AvgIpc) is 3.52. The molecule has 2 aromatic heterocycles. The van der Waals surface area contributed by atoms with Crippen LogP contribution in [0, 0.1) is 0 Å². The van der Waals surface area contributed by atoms with Crippen molar-refractivity contribution in [1.82, 2.24) is 30.1 Å². The smallest absolute Gasteiger partial charge is 0.475 e. The number of likely N-dealkylation sites (tertiary alicyclic amines) is 1. The van der Waals surface area contributed by atoms with Crippen LogP contribution in [0.15, 0.2) is 18.3 Å². The number of nitrogens with zero attached hydrogens (tertiary/aromatic N) is 7. The molecular weight excluding hydrogens is 552 g/mol. The van der Waals surface area contributed by atoms with Gasteiger partial charge in [0.25, 0.3) is 0 Å². The number of rotatable bonds is 4. The molecule has 0 saturated carbocycles. The zero-order valence-electron chi connectivity index (χ0n) is 19.7. The third-order valence-corrected chi connectivity index (χ3v) is 5.61. The minimum atomic E-state index is -5.08. The van der Waals surface area contributed by atoms with Crippen LogP contribution in [0.4, 0.5) is 32.2 Å². The fraction of sp³-hybridized carbons (Fsp3) is 0.600. The van der Waals surface area contributed by atoms with Crippen LogP contribution in [0.3, 0.4) is 0 Å². The lowest BCUT2D eigenvalue weighted by atomic mass is 10.1. The van der Waals surface area contributed by atoms with E-state index in [1.54, 1.807) is 6.07 Å². The Hall–Kier alpha value is -3.21. The van der Waals surface area contributed by atoms with Crippen LogP contribution >= 0.6 is 11.6 Å². The number of hydrogen-bond donors (Lipinski definition) is 2. The molecule has 212 valence electrons. The average molecular weight is 576 g/mol. The molecule has 0 amide bonds. The van der Waals surface area contributed by atoms with Crippen LogP contribution in [0.1, 0.15) is 37.4 Å². The minimum Gasteiger partial charge on any atom is -0.475 e. The number of halogens is 7. The quantitative estimate of drug-likeness (QED) is 0.522. The van der Waals surface area contributed by atoms with Crippen molar-refractivity contribution in [3.63, 3.8) is 0 Å².